The van der Waals surface area contributed by atoms with Crippen LogP contribution < -0.4 is 15.1 Å². The van der Waals surface area contributed by atoms with Gasteiger partial charge in [-0.2, -0.15) is 18.2 Å². The van der Waals surface area contributed by atoms with E-state index in [1.807, 2.05) is 0 Å². The smallest absolute Gasteiger partial charge is 0.396 e. The molecule has 0 bridgehead atoms. The second-order valence-corrected chi connectivity index (χ2v) is 10.00. The number of aromatic nitrogens is 1. The molecule has 2 saturated carbocycles. The fourth-order valence-corrected chi connectivity index (χ4v) is 5.95. The highest BCUT2D eigenvalue weighted by molar-refractivity contribution is 6.04. The van der Waals surface area contributed by atoms with Crippen LogP contribution in [0, 0.1) is 17.7 Å². The zero-order valence-electron chi connectivity index (χ0n) is 18.6. The van der Waals surface area contributed by atoms with Gasteiger partial charge in [0, 0.05) is 31.4 Å². The van der Waals surface area contributed by atoms with Gasteiger partial charge in [-0.15, -0.1) is 0 Å². The summed E-state index contributed by atoms with van der Waals surface area (Å²) in [5, 5.41) is 2.55. The molecule has 3 fully saturated rings. The molecule has 2 atom stereocenters. The summed E-state index contributed by atoms with van der Waals surface area (Å²) >= 11 is 0. The summed E-state index contributed by atoms with van der Waals surface area (Å²) < 4.78 is 59.8. The van der Waals surface area contributed by atoms with Crippen LogP contribution in [0.3, 0.4) is 0 Å². The Bertz CT molecular complexity index is 1110. The highest BCUT2D eigenvalue weighted by atomic mass is 19.4. The van der Waals surface area contributed by atoms with Crippen LogP contribution in [-0.2, 0) is 12.8 Å². The number of fused-ring (bicyclic) bond motifs is 2. The van der Waals surface area contributed by atoms with Crippen molar-refractivity contribution >= 4 is 23.3 Å². The summed E-state index contributed by atoms with van der Waals surface area (Å²) in [7, 11) is 0. The van der Waals surface area contributed by atoms with Crippen LogP contribution >= 0.6 is 0 Å². The van der Waals surface area contributed by atoms with Crippen molar-refractivity contribution in [3.8, 4) is 0 Å². The van der Waals surface area contributed by atoms with Crippen molar-refractivity contribution in [3.63, 3.8) is 0 Å². The molecule has 10 heteroatoms. The standard InChI is InChI=1S/C24H26F4N4O2/c25-18-11-16(8-13-3-6-32(21(13)18)17-9-14-7-15(14)10-17)29-22(33)20-19(12-24(26,27)28)34-23(30-20)31-4-1-2-5-31/h8,11,14-15,17H,1-7,9-10,12H2,(H,29,33). The van der Waals surface area contributed by atoms with Gasteiger partial charge >= 0.3 is 6.18 Å². The zero-order chi connectivity index (χ0) is 23.6. The highest BCUT2D eigenvalue weighted by Crippen LogP contribution is 2.54. The summed E-state index contributed by atoms with van der Waals surface area (Å²) in [6.07, 6.45) is -0.00968. The third kappa shape index (κ3) is 4.01. The Balaban J connectivity index is 1.23. The van der Waals surface area contributed by atoms with Crippen LogP contribution in [0.15, 0.2) is 16.5 Å². The molecule has 2 aromatic rings. The summed E-state index contributed by atoms with van der Waals surface area (Å²) in [5.74, 6) is -0.207. The van der Waals surface area contributed by atoms with E-state index in [0.29, 0.717) is 31.2 Å². The molecule has 6 nitrogen and oxygen atoms in total. The minimum absolute atomic E-state index is 0.0206. The Labute approximate surface area is 194 Å². The zero-order valence-corrected chi connectivity index (χ0v) is 18.6. The van der Waals surface area contributed by atoms with Crippen molar-refractivity contribution in [2.24, 2.45) is 11.8 Å². The number of benzene rings is 1. The molecule has 0 spiro atoms. The molecule has 0 radical (unpaired) electrons. The van der Waals surface area contributed by atoms with Crippen LogP contribution in [-0.4, -0.2) is 42.7 Å². The van der Waals surface area contributed by atoms with Gasteiger partial charge in [0.15, 0.2) is 5.69 Å². The average molecular weight is 478 g/mol. The van der Waals surface area contributed by atoms with Crippen LogP contribution in [0.25, 0.3) is 0 Å². The third-order valence-corrected chi connectivity index (χ3v) is 7.61. The Morgan fingerprint density at radius 1 is 1.12 bits per heavy atom. The van der Waals surface area contributed by atoms with Crippen molar-refractivity contribution < 1.29 is 26.8 Å². The molecule has 1 N–H and O–H groups in total. The molecule has 182 valence electrons. The van der Waals surface area contributed by atoms with E-state index in [9.17, 15) is 18.0 Å². The molecule has 2 unspecified atom stereocenters. The monoisotopic (exact) mass is 478 g/mol. The molecule has 1 amide bonds. The van der Waals surface area contributed by atoms with Crippen LogP contribution in [0.2, 0.25) is 0 Å². The summed E-state index contributed by atoms with van der Waals surface area (Å²) in [6, 6.07) is 3.35. The van der Waals surface area contributed by atoms with E-state index in [4.69, 9.17) is 4.42 Å². The van der Waals surface area contributed by atoms with Gasteiger partial charge in [0.25, 0.3) is 11.9 Å². The summed E-state index contributed by atoms with van der Waals surface area (Å²) in [4.78, 5) is 20.9. The SMILES string of the molecule is O=C(Nc1cc(F)c2c(c1)CCN2C1CC2CC2C1)c1nc(N2CCCC2)oc1CC(F)(F)F. The first kappa shape index (κ1) is 21.7. The molecule has 6 rings (SSSR count). The minimum atomic E-state index is -4.55. The Morgan fingerprint density at radius 2 is 1.85 bits per heavy atom. The van der Waals surface area contributed by atoms with E-state index in [1.165, 1.54) is 12.5 Å². The van der Waals surface area contributed by atoms with Crippen LogP contribution in [0.1, 0.15) is 53.9 Å². The van der Waals surface area contributed by atoms with Gasteiger partial charge in [0.1, 0.15) is 18.0 Å². The maximum Gasteiger partial charge on any atom is 0.396 e. The lowest BCUT2D eigenvalue weighted by molar-refractivity contribution is -0.130. The number of hydrogen-bond acceptors (Lipinski definition) is 5. The van der Waals surface area contributed by atoms with Gasteiger partial charge in [-0.1, -0.05) is 0 Å². The van der Waals surface area contributed by atoms with E-state index in [0.717, 1.165) is 49.6 Å². The molecule has 3 heterocycles. The second kappa shape index (κ2) is 7.88. The van der Waals surface area contributed by atoms with Crippen LogP contribution in [0.4, 0.5) is 35.0 Å². The molecule has 4 aliphatic rings. The van der Waals surface area contributed by atoms with Gasteiger partial charge in [-0.05, 0) is 68.1 Å². The lowest BCUT2D eigenvalue weighted by Gasteiger charge is -2.28. The lowest BCUT2D eigenvalue weighted by atomic mass is 10.1. The molecule has 1 saturated heterocycles. The molecule has 34 heavy (non-hydrogen) atoms. The number of anilines is 3. The predicted molar refractivity (Wildman–Crippen MR) is 118 cm³/mol. The summed E-state index contributed by atoms with van der Waals surface area (Å²) in [6.45, 7) is 1.97. The van der Waals surface area contributed by atoms with Crippen molar-refractivity contribution in [2.45, 2.75) is 57.2 Å². The Kier molecular flexibility index (Phi) is 5.04. The largest absolute Gasteiger partial charge is 0.427 e. The van der Waals surface area contributed by atoms with Gasteiger partial charge < -0.3 is 19.5 Å². The van der Waals surface area contributed by atoms with Gasteiger partial charge in [-0.3, -0.25) is 4.79 Å². The van der Waals surface area contributed by atoms with Crippen LogP contribution in [0.5, 0.6) is 0 Å². The first-order chi connectivity index (χ1) is 16.2. The number of rotatable bonds is 5. The van der Waals surface area contributed by atoms with E-state index >= 15 is 4.39 Å². The molecule has 2 aliphatic heterocycles. The molecular formula is C24H26F4N4O2. The van der Waals surface area contributed by atoms with Crippen molar-refractivity contribution in [1.82, 2.24) is 4.98 Å². The Morgan fingerprint density at radius 3 is 2.56 bits per heavy atom. The number of hydrogen-bond donors (Lipinski definition) is 1. The second-order valence-electron chi connectivity index (χ2n) is 10.00. The molecule has 2 aliphatic carbocycles. The van der Waals surface area contributed by atoms with Gasteiger partial charge in [-0.25, -0.2) is 4.39 Å². The van der Waals surface area contributed by atoms with Crippen molar-refractivity contribution in [1.29, 1.82) is 0 Å². The van der Waals surface area contributed by atoms with Crippen molar-refractivity contribution in [2.75, 3.05) is 34.8 Å². The highest BCUT2D eigenvalue weighted by Gasteiger charge is 2.48. The van der Waals surface area contributed by atoms with E-state index < -0.39 is 35.8 Å². The van der Waals surface area contributed by atoms with Gasteiger partial charge in [0.2, 0.25) is 0 Å². The fraction of sp³-hybridized carbons (Fsp3) is 0.583. The maximum atomic E-state index is 15.1. The number of alkyl halides is 3. The number of carbonyl (C=O) groups is 1. The number of nitrogens with zero attached hydrogens (tertiary/aromatic N) is 3. The quantitative estimate of drug-likeness (QED) is 0.618. The number of carbonyl (C=O) groups excluding carboxylic acids is 1. The lowest BCUT2D eigenvalue weighted by Crippen LogP contribution is -2.33. The Hall–Kier alpha value is -2.78. The number of nitrogens with one attached hydrogen (secondary N) is 1. The predicted octanol–water partition coefficient (Wildman–Crippen LogP) is 4.93. The normalized spacial score (nSPS) is 25.6. The molecule has 1 aromatic heterocycles. The molecule has 1 aromatic carbocycles. The average Bonchev–Trinajstić information content (AvgIpc) is 3.30. The maximum absolute atomic E-state index is 15.1. The topological polar surface area (TPSA) is 61.6 Å². The minimum Gasteiger partial charge on any atom is -0.427 e. The van der Waals surface area contributed by atoms with Gasteiger partial charge in [0.05, 0.1) is 5.69 Å². The number of amides is 1. The number of oxazole rings is 1. The number of halogens is 4. The third-order valence-electron chi connectivity index (χ3n) is 7.61. The van der Waals surface area contributed by atoms with E-state index in [-0.39, 0.29) is 11.7 Å². The first-order valence-electron chi connectivity index (χ1n) is 12.0. The first-order valence-corrected chi connectivity index (χ1v) is 12.0. The van der Waals surface area contributed by atoms with E-state index in [1.54, 1.807) is 11.0 Å². The molecular weight excluding hydrogens is 452 g/mol. The summed E-state index contributed by atoms with van der Waals surface area (Å²) in [5.41, 5.74) is 1.21. The van der Waals surface area contributed by atoms with E-state index in [2.05, 4.69) is 15.2 Å². The van der Waals surface area contributed by atoms with Crippen molar-refractivity contribution in [3.05, 3.63) is 35.0 Å². The fourth-order valence-electron chi connectivity index (χ4n) is 5.95.